The van der Waals surface area contributed by atoms with E-state index in [4.69, 9.17) is 9.84 Å². The lowest BCUT2D eigenvalue weighted by Gasteiger charge is -2.05. The molecule has 7 nitrogen and oxygen atoms in total. The number of aromatic nitrogens is 3. The lowest BCUT2D eigenvalue weighted by atomic mass is 10.1. The van der Waals surface area contributed by atoms with Crippen molar-refractivity contribution in [1.82, 2.24) is 14.8 Å². The molecule has 0 aliphatic heterocycles. The Kier molecular flexibility index (Phi) is 5.79. The highest BCUT2D eigenvalue weighted by Gasteiger charge is 2.09. The number of thioether (sulfide) groups is 1. The first kappa shape index (κ1) is 16.3. The molecule has 22 heavy (non-hydrogen) atoms. The monoisotopic (exact) mass is 323 g/mol. The van der Waals surface area contributed by atoms with Gasteiger partial charge in [0.15, 0.2) is 5.16 Å². The number of carboxylic acids is 1. The zero-order chi connectivity index (χ0) is 15.9. The van der Waals surface area contributed by atoms with Gasteiger partial charge in [-0.1, -0.05) is 23.9 Å². The van der Waals surface area contributed by atoms with Crippen molar-refractivity contribution < 1.29 is 14.6 Å². The highest BCUT2D eigenvalue weighted by Crippen LogP contribution is 2.20. The third-order valence-electron chi connectivity index (χ3n) is 3.02. The van der Waals surface area contributed by atoms with E-state index in [2.05, 4.69) is 10.2 Å². The van der Waals surface area contributed by atoms with Crippen LogP contribution < -0.4 is 5.69 Å². The van der Waals surface area contributed by atoms with Crippen LogP contribution in [-0.4, -0.2) is 39.6 Å². The standard InChI is InChI=1S/C14H17N3O4S/c1-21-8-2-7-17-13(20)15-16-14(17)22-9-10-3-5-11(6-4-10)12(18)19/h3-6H,2,7-9H2,1H3,(H,15,20)(H,18,19). The van der Waals surface area contributed by atoms with Crippen molar-refractivity contribution in [3.05, 3.63) is 45.9 Å². The molecule has 0 unspecified atom stereocenters. The van der Waals surface area contributed by atoms with E-state index < -0.39 is 5.97 Å². The van der Waals surface area contributed by atoms with Crippen LogP contribution in [0.5, 0.6) is 0 Å². The van der Waals surface area contributed by atoms with Crippen LogP contribution in [0.3, 0.4) is 0 Å². The van der Waals surface area contributed by atoms with E-state index in [1.165, 1.54) is 11.8 Å². The maximum Gasteiger partial charge on any atom is 0.343 e. The van der Waals surface area contributed by atoms with Crippen LogP contribution >= 0.6 is 11.8 Å². The summed E-state index contributed by atoms with van der Waals surface area (Å²) in [6.07, 6.45) is 0.733. The molecule has 1 aromatic carbocycles. The van der Waals surface area contributed by atoms with Crippen LogP contribution in [0.15, 0.2) is 34.2 Å². The molecule has 8 heteroatoms. The van der Waals surface area contributed by atoms with Crippen molar-refractivity contribution in [3.63, 3.8) is 0 Å². The fourth-order valence-corrected chi connectivity index (χ4v) is 2.80. The minimum atomic E-state index is -0.946. The number of benzene rings is 1. The van der Waals surface area contributed by atoms with Gasteiger partial charge in [0.1, 0.15) is 0 Å². The van der Waals surface area contributed by atoms with Gasteiger partial charge in [-0.2, -0.15) is 0 Å². The smallest absolute Gasteiger partial charge is 0.343 e. The van der Waals surface area contributed by atoms with Crippen LogP contribution in [0.2, 0.25) is 0 Å². The summed E-state index contributed by atoms with van der Waals surface area (Å²) in [5, 5.41) is 15.9. The maximum atomic E-state index is 11.7. The Hall–Kier alpha value is -2.06. The third kappa shape index (κ3) is 4.22. The summed E-state index contributed by atoms with van der Waals surface area (Å²) in [6.45, 7) is 1.13. The molecule has 118 valence electrons. The van der Waals surface area contributed by atoms with Gasteiger partial charge < -0.3 is 9.84 Å². The summed E-state index contributed by atoms with van der Waals surface area (Å²) in [5.74, 6) is -0.340. The second-order valence-corrected chi connectivity index (χ2v) is 5.54. The Morgan fingerprint density at radius 3 is 2.77 bits per heavy atom. The number of nitrogens with one attached hydrogen (secondary N) is 1. The van der Waals surface area contributed by atoms with Crippen molar-refractivity contribution in [2.45, 2.75) is 23.9 Å². The van der Waals surface area contributed by atoms with Crippen LogP contribution in [0.4, 0.5) is 0 Å². The Balaban J connectivity index is 1.99. The molecule has 0 atom stereocenters. The Labute approximate surface area is 131 Å². The highest BCUT2D eigenvalue weighted by molar-refractivity contribution is 7.98. The number of ether oxygens (including phenoxy) is 1. The van der Waals surface area contributed by atoms with Crippen LogP contribution in [-0.2, 0) is 17.0 Å². The number of carboxylic acid groups (broad SMARTS) is 1. The Morgan fingerprint density at radius 2 is 2.14 bits per heavy atom. The SMILES string of the molecule is COCCCn1c(SCc2ccc(C(=O)O)cc2)n[nH]c1=O. The number of hydrogen-bond donors (Lipinski definition) is 2. The van der Waals surface area contributed by atoms with E-state index in [1.54, 1.807) is 35.9 Å². The first-order valence-corrected chi connectivity index (χ1v) is 7.69. The summed E-state index contributed by atoms with van der Waals surface area (Å²) in [6, 6.07) is 6.65. The molecule has 0 amide bonds. The molecule has 2 N–H and O–H groups in total. The summed E-state index contributed by atoms with van der Waals surface area (Å²) < 4.78 is 6.56. The van der Waals surface area contributed by atoms with Gasteiger partial charge in [-0.05, 0) is 24.1 Å². The van der Waals surface area contributed by atoms with Gasteiger partial charge in [0.05, 0.1) is 5.56 Å². The predicted octanol–water partition coefficient (Wildman–Crippen LogP) is 1.60. The number of H-pyrrole nitrogens is 1. The zero-order valence-electron chi connectivity index (χ0n) is 12.1. The van der Waals surface area contributed by atoms with Gasteiger partial charge in [0.2, 0.25) is 0 Å². The first-order valence-electron chi connectivity index (χ1n) is 6.71. The molecule has 0 aliphatic carbocycles. The minimum Gasteiger partial charge on any atom is -0.478 e. The summed E-state index contributed by atoms with van der Waals surface area (Å²) in [7, 11) is 1.62. The number of rotatable bonds is 8. The van der Waals surface area contributed by atoms with Crippen molar-refractivity contribution in [3.8, 4) is 0 Å². The van der Waals surface area contributed by atoms with Gasteiger partial charge in [-0.25, -0.2) is 14.7 Å². The molecule has 0 radical (unpaired) electrons. The van der Waals surface area contributed by atoms with Crippen LogP contribution in [0, 0.1) is 0 Å². The lowest BCUT2D eigenvalue weighted by Crippen LogP contribution is -2.18. The number of aromatic amines is 1. The maximum absolute atomic E-state index is 11.7. The normalized spacial score (nSPS) is 10.8. The van der Waals surface area contributed by atoms with E-state index in [0.29, 0.717) is 24.1 Å². The molecule has 1 aromatic heterocycles. The molecule has 2 aromatic rings. The number of methoxy groups -OCH3 is 1. The topological polar surface area (TPSA) is 97.2 Å². The van der Waals surface area contributed by atoms with E-state index in [1.807, 2.05) is 0 Å². The van der Waals surface area contributed by atoms with Crippen molar-refractivity contribution in [2.75, 3.05) is 13.7 Å². The first-order chi connectivity index (χ1) is 10.6. The summed E-state index contributed by atoms with van der Waals surface area (Å²) in [5.41, 5.74) is 0.985. The van der Waals surface area contributed by atoms with Crippen LogP contribution in [0.1, 0.15) is 22.3 Å². The van der Waals surface area contributed by atoms with Gasteiger partial charge in [-0.3, -0.25) is 4.57 Å². The molecule has 2 rings (SSSR count). The van der Waals surface area contributed by atoms with Gasteiger partial charge in [0.25, 0.3) is 0 Å². The van der Waals surface area contributed by atoms with Crippen LogP contribution in [0.25, 0.3) is 0 Å². The fourth-order valence-electron chi connectivity index (χ4n) is 1.87. The van der Waals surface area contributed by atoms with E-state index in [9.17, 15) is 9.59 Å². The molecule has 0 bridgehead atoms. The van der Waals surface area contributed by atoms with E-state index in [0.717, 1.165) is 12.0 Å². The predicted molar refractivity (Wildman–Crippen MR) is 82.3 cm³/mol. The minimum absolute atomic E-state index is 0.236. The van der Waals surface area contributed by atoms with E-state index in [-0.39, 0.29) is 11.3 Å². The second-order valence-electron chi connectivity index (χ2n) is 4.60. The average molecular weight is 323 g/mol. The van der Waals surface area contributed by atoms with Gasteiger partial charge in [-0.15, -0.1) is 5.10 Å². The second kappa shape index (κ2) is 7.81. The molecule has 0 fully saturated rings. The zero-order valence-corrected chi connectivity index (χ0v) is 12.9. The molecule has 1 heterocycles. The van der Waals surface area contributed by atoms with Gasteiger partial charge in [0, 0.05) is 26.0 Å². The Morgan fingerprint density at radius 1 is 1.41 bits per heavy atom. The number of hydrogen-bond acceptors (Lipinski definition) is 5. The third-order valence-corrected chi connectivity index (χ3v) is 4.07. The number of aromatic carboxylic acids is 1. The highest BCUT2D eigenvalue weighted by atomic mass is 32.2. The molecular weight excluding hydrogens is 306 g/mol. The molecule has 0 spiro atoms. The molecule has 0 saturated carbocycles. The average Bonchev–Trinajstić information content (AvgIpc) is 2.86. The van der Waals surface area contributed by atoms with Crippen molar-refractivity contribution in [1.29, 1.82) is 0 Å². The Bertz CT molecular complexity index is 678. The van der Waals surface area contributed by atoms with E-state index >= 15 is 0 Å². The number of nitrogens with zero attached hydrogens (tertiary/aromatic N) is 2. The fraction of sp³-hybridized carbons (Fsp3) is 0.357. The van der Waals surface area contributed by atoms with Crippen molar-refractivity contribution in [2.24, 2.45) is 0 Å². The van der Waals surface area contributed by atoms with Gasteiger partial charge >= 0.3 is 11.7 Å². The summed E-state index contributed by atoms with van der Waals surface area (Å²) >= 11 is 1.43. The lowest BCUT2D eigenvalue weighted by molar-refractivity contribution is 0.0697. The largest absolute Gasteiger partial charge is 0.478 e. The molecule has 0 saturated heterocycles. The molecular formula is C14H17N3O4S. The summed E-state index contributed by atoms with van der Waals surface area (Å²) in [4.78, 5) is 22.5. The number of carbonyl (C=O) groups is 1. The quantitative estimate of drug-likeness (QED) is 0.566. The van der Waals surface area contributed by atoms with Crippen molar-refractivity contribution >= 4 is 17.7 Å². The molecule has 0 aliphatic rings.